The van der Waals surface area contributed by atoms with Gasteiger partial charge in [0.25, 0.3) is 11.8 Å². The van der Waals surface area contributed by atoms with Crippen molar-refractivity contribution >= 4 is 41.4 Å². The van der Waals surface area contributed by atoms with Crippen LogP contribution in [0.1, 0.15) is 18.2 Å². The van der Waals surface area contributed by atoms with Gasteiger partial charge < -0.3 is 14.5 Å². The van der Waals surface area contributed by atoms with E-state index in [1.54, 1.807) is 61.7 Å². The van der Waals surface area contributed by atoms with E-state index in [-0.39, 0.29) is 23.7 Å². The normalized spacial score (nSPS) is 11.8. The summed E-state index contributed by atoms with van der Waals surface area (Å²) in [7, 11) is 0. The molecule has 3 aromatic rings. The molecule has 0 radical (unpaired) electrons. The molecule has 0 unspecified atom stereocenters. The Morgan fingerprint density at radius 3 is 2.59 bits per heavy atom. The number of nitrogens with zero attached hydrogens (tertiary/aromatic N) is 1. The van der Waals surface area contributed by atoms with Gasteiger partial charge in [0, 0.05) is 9.92 Å². The molecule has 0 spiro atoms. The van der Waals surface area contributed by atoms with Gasteiger partial charge in [0.15, 0.2) is 6.61 Å². The molecule has 1 atom stereocenters. The number of benzene rings is 2. The van der Waals surface area contributed by atoms with Crippen molar-refractivity contribution in [3.63, 3.8) is 0 Å². The van der Waals surface area contributed by atoms with Crippen molar-refractivity contribution in [3.8, 4) is 5.75 Å². The van der Waals surface area contributed by atoms with Gasteiger partial charge in [-0.15, -0.1) is 11.8 Å². The van der Waals surface area contributed by atoms with E-state index in [0.717, 1.165) is 10.5 Å². The van der Waals surface area contributed by atoms with E-state index < -0.39 is 0 Å². The predicted molar refractivity (Wildman–Crippen MR) is 125 cm³/mol. The molecular weight excluding hydrogens is 450 g/mol. The Kier molecular flexibility index (Phi) is 8.77. The fraction of sp³-hybridized carbons (Fsp3) is 0.174. The van der Waals surface area contributed by atoms with E-state index in [9.17, 15) is 9.59 Å². The molecule has 2 amide bonds. The van der Waals surface area contributed by atoms with Crippen molar-refractivity contribution in [3.05, 3.63) is 83.3 Å². The van der Waals surface area contributed by atoms with Crippen LogP contribution in [0.15, 0.2) is 81.3 Å². The monoisotopic (exact) mass is 471 g/mol. The third-order valence-corrected chi connectivity index (χ3v) is 5.54. The first-order valence-corrected chi connectivity index (χ1v) is 11.0. The lowest BCUT2D eigenvalue weighted by Crippen LogP contribution is -2.28. The molecule has 0 saturated carbocycles. The lowest BCUT2D eigenvalue weighted by molar-refractivity contribution is -0.123. The number of thioether (sulfide) groups is 1. The van der Waals surface area contributed by atoms with E-state index in [0.29, 0.717) is 23.1 Å². The molecule has 0 aliphatic rings. The maximum Gasteiger partial charge on any atom is 0.258 e. The van der Waals surface area contributed by atoms with Gasteiger partial charge in [0.2, 0.25) is 0 Å². The minimum absolute atomic E-state index is 0.104. The van der Waals surface area contributed by atoms with Crippen molar-refractivity contribution < 1.29 is 18.7 Å². The number of furan rings is 1. The number of ether oxygens (including phenoxy) is 1. The zero-order chi connectivity index (χ0) is 22.8. The highest BCUT2D eigenvalue weighted by Gasteiger charge is 2.13. The SMILES string of the molecule is C[C@H](Sc1ccc(Cl)cc1)C(=O)N/N=C\c1ccc(OCC(=O)NCc2ccco2)cc1. The van der Waals surface area contributed by atoms with Gasteiger partial charge in [-0.2, -0.15) is 5.10 Å². The van der Waals surface area contributed by atoms with Crippen LogP contribution in [0.4, 0.5) is 0 Å². The zero-order valence-corrected chi connectivity index (χ0v) is 18.9. The third kappa shape index (κ3) is 7.79. The summed E-state index contributed by atoms with van der Waals surface area (Å²) < 4.78 is 10.6. The number of hydrogen-bond donors (Lipinski definition) is 2. The maximum absolute atomic E-state index is 12.2. The molecule has 0 saturated heterocycles. The maximum atomic E-state index is 12.2. The van der Waals surface area contributed by atoms with Gasteiger partial charge in [-0.1, -0.05) is 11.6 Å². The number of carbonyl (C=O) groups is 2. The highest BCUT2D eigenvalue weighted by atomic mass is 35.5. The minimum atomic E-state index is -0.317. The Bertz CT molecular complexity index is 1040. The van der Waals surface area contributed by atoms with Crippen LogP contribution in [0.2, 0.25) is 5.02 Å². The highest BCUT2D eigenvalue weighted by Crippen LogP contribution is 2.24. The molecule has 32 heavy (non-hydrogen) atoms. The molecule has 3 rings (SSSR count). The zero-order valence-electron chi connectivity index (χ0n) is 17.3. The van der Waals surface area contributed by atoms with Crippen molar-refractivity contribution in [2.24, 2.45) is 5.10 Å². The molecule has 166 valence electrons. The summed E-state index contributed by atoms with van der Waals surface area (Å²) in [4.78, 5) is 25.0. The number of carbonyl (C=O) groups excluding carboxylic acids is 2. The number of amides is 2. The Labute approximate surface area is 195 Å². The van der Waals surface area contributed by atoms with Crippen LogP contribution < -0.4 is 15.5 Å². The van der Waals surface area contributed by atoms with E-state index in [1.807, 2.05) is 12.1 Å². The quantitative estimate of drug-likeness (QED) is 0.262. The summed E-state index contributed by atoms with van der Waals surface area (Å²) in [5.74, 6) is 0.765. The van der Waals surface area contributed by atoms with E-state index in [4.69, 9.17) is 20.8 Å². The number of nitrogens with one attached hydrogen (secondary N) is 2. The van der Waals surface area contributed by atoms with Gasteiger partial charge in [-0.05, 0) is 73.2 Å². The highest BCUT2D eigenvalue weighted by molar-refractivity contribution is 8.00. The fourth-order valence-electron chi connectivity index (χ4n) is 2.48. The molecule has 7 nitrogen and oxygen atoms in total. The van der Waals surface area contributed by atoms with Gasteiger partial charge in [-0.3, -0.25) is 9.59 Å². The number of hydrogen-bond acceptors (Lipinski definition) is 6. The Balaban J connectivity index is 1.38. The largest absolute Gasteiger partial charge is 0.484 e. The molecule has 0 bridgehead atoms. The summed E-state index contributed by atoms with van der Waals surface area (Å²) in [6, 6.07) is 17.8. The van der Waals surface area contributed by atoms with E-state index in [1.165, 1.54) is 18.0 Å². The van der Waals surface area contributed by atoms with Crippen molar-refractivity contribution in [1.29, 1.82) is 0 Å². The Hall–Kier alpha value is -3.23. The lowest BCUT2D eigenvalue weighted by Gasteiger charge is -2.09. The molecule has 0 aliphatic carbocycles. The second-order valence-electron chi connectivity index (χ2n) is 6.66. The van der Waals surface area contributed by atoms with Crippen molar-refractivity contribution in [2.45, 2.75) is 23.6 Å². The predicted octanol–water partition coefficient (Wildman–Crippen LogP) is 4.26. The number of hydrazone groups is 1. The van der Waals surface area contributed by atoms with Crippen LogP contribution in [-0.2, 0) is 16.1 Å². The Morgan fingerprint density at radius 1 is 1.16 bits per heavy atom. The molecule has 0 aliphatic heterocycles. The van der Waals surface area contributed by atoms with Crippen LogP contribution in [0.3, 0.4) is 0 Å². The second-order valence-corrected chi connectivity index (χ2v) is 8.51. The van der Waals surface area contributed by atoms with E-state index >= 15 is 0 Å². The van der Waals surface area contributed by atoms with Crippen molar-refractivity contribution in [1.82, 2.24) is 10.7 Å². The number of rotatable bonds is 10. The summed E-state index contributed by atoms with van der Waals surface area (Å²) >= 11 is 7.29. The smallest absolute Gasteiger partial charge is 0.258 e. The molecule has 2 N–H and O–H groups in total. The Morgan fingerprint density at radius 2 is 1.91 bits per heavy atom. The summed E-state index contributed by atoms with van der Waals surface area (Å²) in [6.45, 7) is 2.02. The van der Waals surface area contributed by atoms with E-state index in [2.05, 4.69) is 15.8 Å². The molecule has 1 aromatic heterocycles. The van der Waals surface area contributed by atoms with Crippen LogP contribution in [0.5, 0.6) is 5.75 Å². The first-order chi connectivity index (χ1) is 15.5. The van der Waals surface area contributed by atoms with Crippen LogP contribution in [-0.4, -0.2) is 29.9 Å². The summed E-state index contributed by atoms with van der Waals surface area (Å²) in [6.07, 6.45) is 3.09. The standard InChI is InChI=1S/C23H22ClN3O4S/c1-16(32-21-10-6-18(24)7-11-21)23(29)27-26-13-17-4-8-19(9-5-17)31-15-22(28)25-14-20-3-2-12-30-20/h2-13,16H,14-15H2,1H3,(H,25,28)(H,27,29)/b26-13-/t16-/m0/s1. The second kappa shape index (κ2) is 12.0. The van der Waals surface area contributed by atoms with Gasteiger partial charge in [-0.25, -0.2) is 5.43 Å². The molecule has 2 aromatic carbocycles. The van der Waals surface area contributed by atoms with Gasteiger partial charge >= 0.3 is 0 Å². The van der Waals surface area contributed by atoms with Gasteiger partial charge in [0.1, 0.15) is 11.5 Å². The lowest BCUT2D eigenvalue weighted by atomic mass is 10.2. The number of halogens is 1. The topological polar surface area (TPSA) is 92.9 Å². The van der Waals surface area contributed by atoms with Crippen LogP contribution >= 0.6 is 23.4 Å². The first-order valence-electron chi connectivity index (χ1n) is 9.76. The average Bonchev–Trinajstić information content (AvgIpc) is 3.32. The minimum Gasteiger partial charge on any atom is -0.484 e. The van der Waals surface area contributed by atoms with Gasteiger partial charge in [0.05, 0.1) is 24.3 Å². The molecular formula is C23H22ClN3O4S. The fourth-order valence-corrected chi connectivity index (χ4v) is 3.47. The average molecular weight is 472 g/mol. The van der Waals surface area contributed by atoms with Crippen LogP contribution in [0, 0.1) is 0 Å². The third-order valence-electron chi connectivity index (χ3n) is 4.17. The molecule has 1 heterocycles. The molecule has 9 heteroatoms. The van der Waals surface area contributed by atoms with Crippen LogP contribution in [0.25, 0.3) is 0 Å². The first kappa shape index (κ1) is 23.4. The molecule has 0 fully saturated rings. The summed E-state index contributed by atoms with van der Waals surface area (Å²) in [5, 5.41) is 7.04. The summed E-state index contributed by atoms with van der Waals surface area (Å²) in [5.41, 5.74) is 3.31. The van der Waals surface area contributed by atoms with Crippen molar-refractivity contribution in [2.75, 3.05) is 6.61 Å².